The van der Waals surface area contributed by atoms with Gasteiger partial charge in [0, 0.05) is 24.3 Å². The van der Waals surface area contributed by atoms with Crippen molar-refractivity contribution >= 4 is 11.6 Å². The van der Waals surface area contributed by atoms with Gasteiger partial charge in [-0.2, -0.15) is 0 Å². The highest BCUT2D eigenvalue weighted by Crippen LogP contribution is 2.04. The van der Waals surface area contributed by atoms with Gasteiger partial charge in [0.1, 0.15) is 0 Å². The van der Waals surface area contributed by atoms with Gasteiger partial charge in [-0.05, 0) is 50.2 Å². The summed E-state index contributed by atoms with van der Waals surface area (Å²) in [6, 6.07) is 6.99. The predicted octanol–water partition coefficient (Wildman–Crippen LogP) is 2.12. The third kappa shape index (κ3) is 5.75. The van der Waals surface area contributed by atoms with E-state index in [1.54, 1.807) is 24.3 Å². The number of carbonyl (C=O) groups excluding carboxylic acids is 1. The second-order valence-electron chi connectivity index (χ2n) is 4.72. The molecule has 106 valence electrons. The Morgan fingerprint density at radius 3 is 2.21 bits per heavy atom. The number of rotatable bonds is 8. The normalized spacial score (nSPS) is 10.7. The van der Waals surface area contributed by atoms with Crippen molar-refractivity contribution in [3.63, 3.8) is 0 Å². The fraction of sp³-hybridized carbons (Fsp3) is 0.533. The first-order valence-electron chi connectivity index (χ1n) is 7.03. The van der Waals surface area contributed by atoms with Gasteiger partial charge < -0.3 is 16.0 Å². The zero-order valence-corrected chi connectivity index (χ0v) is 12.0. The highest BCUT2D eigenvalue weighted by atomic mass is 16.1. The Morgan fingerprint density at radius 1 is 1.11 bits per heavy atom. The van der Waals surface area contributed by atoms with E-state index < -0.39 is 0 Å². The van der Waals surface area contributed by atoms with Crippen LogP contribution in [0.25, 0.3) is 0 Å². The molecular weight excluding hydrogens is 238 g/mol. The first-order valence-corrected chi connectivity index (χ1v) is 7.03. The Morgan fingerprint density at radius 2 is 1.68 bits per heavy atom. The number of hydrogen-bond acceptors (Lipinski definition) is 3. The molecule has 1 aromatic rings. The van der Waals surface area contributed by atoms with E-state index in [9.17, 15) is 4.79 Å². The summed E-state index contributed by atoms with van der Waals surface area (Å²) >= 11 is 0. The average Bonchev–Trinajstić information content (AvgIpc) is 2.40. The van der Waals surface area contributed by atoms with E-state index in [1.807, 2.05) is 0 Å². The maximum Gasteiger partial charge on any atom is 0.251 e. The molecule has 0 unspecified atom stereocenters. The molecule has 0 atom stereocenters. The summed E-state index contributed by atoms with van der Waals surface area (Å²) in [5.41, 5.74) is 6.93. The Bertz CT molecular complexity index is 369. The number of nitrogens with zero attached hydrogens (tertiary/aromatic N) is 1. The molecule has 19 heavy (non-hydrogen) atoms. The fourth-order valence-electron chi connectivity index (χ4n) is 2.03. The van der Waals surface area contributed by atoms with Crippen molar-refractivity contribution in [2.45, 2.75) is 26.7 Å². The van der Waals surface area contributed by atoms with Crippen LogP contribution in [0, 0.1) is 0 Å². The molecule has 0 bridgehead atoms. The standard InChI is InChI=1S/C15H25N3O/c1-3-10-18(11-4-2)12-9-17-15(19)13-5-7-14(16)8-6-13/h5-8H,3-4,9-12,16H2,1-2H3,(H,17,19). The van der Waals surface area contributed by atoms with Gasteiger partial charge in [0.2, 0.25) is 0 Å². The Balaban J connectivity index is 2.35. The van der Waals surface area contributed by atoms with Gasteiger partial charge >= 0.3 is 0 Å². The van der Waals surface area contributed by atoms with Gasteiger partial charge in [0.25, 0.3) is 5.91 Å². The van der Waals surface area contributed by atoms with Crippen molar-refractivity contribution in [1.29, 1.82) is 0 Å². The molecule has 0 aliphatic heterocycles. The van der Waals surface area contributed by atoms with E-state index in [2.05, 4.69) is 24.1 Å². The van der Waals surface area contributed by atoms with Crippen LogP contribution in [-0.4, -0.2) is 37.0 Å². The average molecular weight is 263 g/mol. The van der Waals surface area contributed by atoms with Crippen molar-refractivity contribution in [2.24, 2.45) is 0 Å². The first-order chi connectivity index (χ1) is 9.17. The lowest BCUT2D eigenvalue weighted by Gasteiger charge is -2.20. The maximum absolute atomic E-state index is 11.9. The molecule has 1 amide bonds. The van der Waals surface area contributed by atoms with Gasteiger partial charge in [0.15, 0.2) is 0 Å². The second kappa shape index (κ2) is 8.53. The SMILES string of the molecule is CCCN(CCC)CCNC(=O)c1ccc(N)cc1. The predicted molar refractivity (Wildman–Crippen MR) is 80.2 cm³/mol. The zero-order chi connectivity index (χ0) is 14.1. The quantitative estimate of drug-likeness (QED) is 0.706. The summed E-state index contributed by atoms with van der Waals surface area (Å²) in [4.78, 5) is 14.3. The van der Waals surface area contributed by atoms with Crippen LogP contribution in [0.15, 0.2) is 24.3 Å². The van der Waals surface area contributed by atoms with E-state index in [0.29, 0.717) is 17.8 Å². The molecule has 1 aromatic carbocycles. The number of nitrogens with two attached hydrogens (primary N) is 1. The third-order valence-electron chi connectivity index (χ3n) is 2.97. The van der Waals surface area contributed by atoms with Gasteiger partial charge in [-0.15, -0.1) is 0 Å². The van der Waals surface area contributed by atoms with Crippen molar-refractivity contribution in [3.8, 4) is 0 Å². The van der Waals surface area contributed by atoms with Gasteiger partial charge in [-0.1, -0.05) is 13.8 Å². The van der Waals surface area contributed by atoms with E-state index in [4.69, 9.17) is 5.73 Å². The topological polar surface area (TPSA) is 58.4 Å². The number of amides is 1. The number of hydrogen-bond donors (Lipinski definition) is 2. The number of anilines is 1. The first kappa shape index (κ1) is 15.5. The van der Waals surface area contributed by atoms with Crippen molar-refractivity contribution < 1.29 is 4.79 Å². The molecule has 0 saturated carbocycles. The minimum atomic E-state index is -0.0343. The molecular formula is C15H25N3O. The molecule has 3 N–H and O–H groups in total. The lowest BCUT2D eigenvalue weighted by atomic mass is 10.2. The molecule has 4 heteroatoms. The summed E-state index contributed by atoms with van der Waals surface area (Å²) in [7, 11) is 0. The highest BCUT2D eigenvalue weighted by molar-refractivity contribution is 5.94. The largest absolute Gasteiger partial charge is 0.399 e. The van der Waals surface area contributed by atoms with E-state index in [1.165, 1.54) is 0 Å². The number of benzene rings is 1. The zero-order valence-electron chi connectivity index (χ0n) is 12.0. The van der Waals surface area contributed by atoms with Gasteiger partial charge in [0.05, 0.1) is 0 Å². The second-order valence-corrected chi connectivity index (χ2v) is 4.72. The molecule has 0 radical (unpaired) electrons. The van der Waals surface area contributed by atoms with Crippen LogP contribution >= 0.6 is 0 Å². The Hall–Kier alpha value is -1.55. The van der Waals surface area contributed by atoms with Crippen molar-refractivity contribution in [3.05, 3.63) is 29.8 Å². The molecule has 0 aliphatic carbocycles. The third-order valence-corrected chi connectivity index (χ3v) is 2.97. The Labute approximate surface area is 116 Å². The summed E-state index contributed by atoms with van der Waals surface area (Å²) in [5.74, 6) is -0.0343. The summed E-state index contributed by atoms with van der Waals surface area (Å²) in [6.45, 7) is 8.12. The lowest BCUT2D eigenvalue weighted by molar-refractivity contribution is 0.0948. The molecule has 0 saturated heterocycles. The number of nitrogens with one attached hydrogen (secondary N) is 1. The van der Waals surface area contributed by atoms with E-state index >= 15 is 0 Å². The van der Waals surface area contributed by atoms with Gasteiger partial charge in [-0.25, -0.2) is 0 Å². The summed E-state index contributed by atoms with van der Waals surface area (Å²) in [6.07, 6.45) is 2.29. The Kier molecular flexibility index (Phi) is 6.97. The van der Waals surface area contributed by atoms with Crippen LogP contribution in [0.5, 0.6) is 0 Å². The lowest BCUT2D eigenvalue weighted by Crippen LogP contribution is -2.35. The maximum atomic E-state index is 11.9. The number of nitrogen functional groups attached to an aromatic ring is 1. The summed E-state index contributed by atoms with van der Waals surface area (Å²) in [5, 5.41) is 2.94. The minimum Gasteiger partial charge on any atom is -0.399 e. The van der Waals surface area contributed by atoms with Crippen LogP contribution in [0.4, 0.5) is 5.69 Å². The van der Waals surface area contributed by atoms with Crippen molar-refractivity contribution in [1.82, 2.24) is 10.2 Å². The fourth-order valence-corrected chi connectivity index (χ4v) is 2.03. The van der Waals surface area contributed by atoms with Crippen LogP contribution < -0.4 is 11.1 Å². The molecule has 1 rings (SSSR count). The van der Waals surface area contributed by atoms with Crippen LogP contribution in [0.2, 0.25) is 0 Å². The molecule has 0 aliphatic rings. The summed E-state index contributed by atoms with van der Waals surface area (Å²) < 4.78 is 0. The van der Waals surface area contributed by atoms with Crippen LogP contribution in [0.3, 0.4) is 0 Å². The van der Waals surface area contributed by atoms with E-state index in [-0.39, 0.29) is 5.91 Å². The number of carbonyl (C=O) groups is 1. The van der Waals surface area contributed by atoms with Gasteiger partial charge in [-0.3, -0.25) is 4.79 Å². The van der Waals surface area contributed by atoms with Crippen LogP contribution in [0.1, 0.15) is 37.0 Å². The van der Waals surface area contributed by atoms with Crippen molar-refractivity contribution in [2.75, 3.05) is 31.9 Å². The molecule has 0 heterocycles. The minimum absolute atomic E-state index is 0.0343. The molecule has 0 fully saturated rings. The smallest absolute Gasteiger partial charge is 0.251 e. The monoisotopic (exact) mass is 263 g/mol. The molecule has 0 spiro atoms. The molecule has 0 aromatic heterocycles. The molecule has 4 nitrogen and oxygen atoms in total. The van der Waals surface area contributed by atoms with Crippen LogP contribution in [-0.2, 0) is 0 Å². The highest BCUT2D eigenvalue weighted by Gasteiger charge is 2.06. The van der Waals surface area contributed by atoms with E-state index in [0.717, 1.165) is 32.5 Å².